The molecule has 0 amide bonds. The van der Waals surface area contributed by atoms with Gasteiger partial charge in [0.2, 0.25) is 0 Å². The van der Waals surface area contributed by atoms with Crippen LogP contribution >= 0.6 is 11.8 Å². The van der Waals surface area contributed by atoms with Crippen LogP contribution in [-0.2, 0) is 0 Å². The molecule has 0 spiro atoms. The number of H-pyrrole nitrogens is 1. The van der Waals surface area contributed by atoms with E-state index in [1.165, 1.54) is 0 Å². The summed E-state index contributed by atoms with van der Waals surface area (Å²) in [5, 5.41) is 0.852. The van der Waals surface area contributed by atoms with E-state index in [4.69, 9.17) is 4.74 Å². The molecular formula is C10H14N4OS. The van der Waals surface area contributed by atoms with E-state index in [9.17, 15) is 0 Å². The van der Waals surface area contributed by atoms with Crippen LogP contribution in [0, 0.1) is 0 Å². The van der Waals surface area contributed by atoms with Crippen LogP contribution in [0.25, 0.3) is 11.2 Å². The maximum absolute atomic E-state index is 4.95. The summed E-state index contributed by atoms with van der Waals surface area (Å²) in [7, 11) is 1.54. The minimum atomic E-state index is 0.116. The van der Waals surface area contributed by atoms with Gasteiger partial charge in [0.05, 0.1) is 13.3 Å². The fourth-order valence-electron chi connectivity index (χ4n) is 1.21. The number of imidazole rings is 1. The summed E-state index contributed by atoms with van der Waals surface area (Å²) in [5.74, 6) is 0. The van der Waals surface area contributed by atoms with Crippen molar-refractivity contribution in [2.45, 2.75) is 30.7 Å². The topological polar surface area (TPSA) is 63.7 Å². The molecule has 2 aromatic heterocycles. The molecule has 0 aromatic carbocycles. The van der Waals surface area contributed by atoms with Gasteiger partial charge in [-0.3, -0.25) is 0 Å². The first-order valence-corrected chi connectivity index (χ1v) is 5.75. The van der Waals surface area contributed by atoms with Crippen molar-refractivity contribution in [3.63, 3.8) is 0 Å². The molecule has 0 atom stereocenters. The second kappa shape index (κ2) is 3.93. The van der Waals surface area contributed by atoms with Crippen molar-refractivity contribution in [1.82, 2.24) is 19.9 Å². The van der Waals surface area contributed by atoms with Gasteiger partial charge in [-0.25, -0.2) is 9.97 Å². The van der Waals surface area contributed by atoms with E-state index in [2.05, 4.69) is 40.7 Å². The lowest BCUT2D eigenvalue weighted by atomic mass is 10.3. The Hall–Kier alpha value is -1.30. The predicted octanol–water partition coefficient (Wildman–Crippen LogP) is 2.25. The second-order valence-corrected chi connectivity index (χ2v) is 6.17. The maximum atomic E-state index is 4.95. The maximum Gasteiger partial charge on any atom is 0.318 e. The SMILES string of the molecule is COc1ncc2[nH]c(SC(C)(C)C)nc2n1. The fourth-order valence-corrected chi connectivity index (χ4v) is 2.08. The molecule has 0 bridgehead atoms. The summed E-state index contributed by atoms with van der Waals surface area (Å²) >= 11 is 1.66. The van der Waals surface area contributed by atoms with Gasteiger partial charge in [0, 0.05) is 4.75 Å². The lowest BCUT2D eigenvalue weighted by Crippen LogP contribution is -2.06. The molecule has 0 saturated heterocycles. The molecule has 0 aliphatic heterocycles. The third-order valence-corrected chi connectivity index (χ3v) is 2.78. The van der Waals surface area contributed by atoms with Crippen LogP contribution < -0.4 is 4.74 Å². The summed E-state index contributed by atoms with van der Waals surface area (Å²) in [5.41, 5.74) is 1.46. The largest absolute Gasteiger partial charge is 0.467 e. The molecule has 16 heavy (non-hydrogen) atoms. The van der Waals surface area contributed by atoms with Gasteiger partial charge in [-0.1, -0.05) is 32.5 Å². The summed E-state index contributed by atoms with van der Waals surface area (Å²) in [6.45, 7) is 6.41. The minimum absolute atomic E-state index is 0.116. The Labute approximate surface area is 98.0 Å². The number of hydrogen-bond acceptors (Lipinski definition) is 5. The van der Waals surface area contributed by atoms with Crippen molar-refractivity contribution in [3.05, 3.63) is 6.20 Å². The number of rotatable bonds is 2. The van der Waals surface area contributed by atoms with Crippen LogP contribution in [0.5, 0.6) is 6.01 Å². The van der Waals surface area contributed by atoms with Gasteiger partial charge in [-0.05, 0) is 0 Å². The van der Waals surface area contributed by atoms with Crippen LogP contribution in [0.4, 0.5) is 0 Å². The van der Waals surface area contributed by atoms with Crippen molar-refractivity contribution in [2.75, 3.05) is 7.11 Å². The first kappa shape index (κ1) is 11.2. The second-order valence-electron chi connectivity index (χ2n) is 4.35. The Kier molecular flexibility index (Phi) is 2.75. The number of ether oxygens (including phenoxy) is 1. The van der Waals surface area contributed by atoms with Crippen molar-refractivity contribution in [1.29, 1.82) is 0 Å². The van der Waals surface area contributed by atoms with Gasteiger partial charge in [0.25, 0.3) is 0 Å². The third-order valence-electron chi connectivity index (χ3n) is 1.78. The van der Waals surface area contributed by atoms with Gasteiger partial charge < -0.3 is 9.72 Å². The highest BCUT2D eigenvalue weighted by molar-refractivity contribution is 8.00. The van der Waals surface area contributed by atoms with E-state index in [-0.39, 0.29) is 4.75 Å². The Bertz CT molecular complexity index is 503. The third kappa shape index (κ3) is 2.44. The highest BCUT2D eigenvalue weighted by Crippen LogP contribution is 2.30. The Morgan fingerprint density at radius 1 is 1.31 bits per heavy atom. The Balaban J connectivity index is 2.36. The van der Waals surface area contributed by atoms with Crippen LogP contribution in [0.15, 0.2) is 11.4 Å². The fraction of sp³-hybridized carbons (Fsp3) is 0.500. The van der Waals surface area contributed by atoms with E-state index in [1.54, 1.807) is 25.1 Å². The first-order valence-electron chi connectivity index (χ1n) is 4.94. The molecule has 0 aliphatic rings. The zero-order valence-corrected chi connectivity index (χ0v) is 10.6. The van der Waals surface area contributed by atoms with Gasteiger partial charge in [-0.2, -0.15) is 4.98 Å². The number of methoxy groups -OCH3 is 1. The van der Waals surface area contributed by atoms with Gasteiger partial charge in [0.1, 0.15) is 5.52 Å². The van der Waals surface area contributed by atoms with Gasteiger partial charge >= 0.3 is 6.01 Å². The van der Waals surface area contributed by atoms with Crippen molar-refractivity contribution >= 4 is 22.9 Å². The molecule has 0 saturated carbocycles. The summed E-state index contributed by atoms with van der Waals surface area (Å²) < 4.78 is 5.07. The smallest absolute Gasteiger partial charge is 0.318 e. The van der Waals surface area contributed by atoms with Crippen molar-refractivity contribution in [2.24, 2.45) is 0 Å². The summed E-state index contributed by atoms with van der Waals surface area (Å²) in [6.07, 6.45) is 1.68. The molecule has 0 radical (unpaired) electrons. The van der Waals surface area contributed by atoms with E-state index >= 15 is 0 Å². The molecule has 5 nitrogen and oxygen atoms in total. The highest BCUT2D eigenvalue weighted by atomic mass is 32.2. The molecule has 86 valence electrons. The first-order chi connectivity index (χ1) is 7.48. The predicted molar refractivity (Wildman–Crippen MR) is 63.8 cm³/mol. The lowest BCUT2D eigenvalue weighted by Gasteiger charge is -2.14. The van der Waals surface area contributed by atoms with E-state index in [0.717, 1.165) is 10.7 Å². The molecule has 6 heteroatoms. The quantitative estimate of drug-likeness (QED) is 0.813. The minimum Gasteiger partial charge on any atom is -0.467 e. The standard InChI is InChI=1S/C10H14N4OS/c1-10(2,3)16-9-12-6-5-11-8(15-4)13-7(6)14-9/h5H,1-4H3,(H,11,12,13,14). The average Bonchev–Trinajstić information content (AvgIpc) is 2.55. The van der Waals surface area contributed by atoms with Crippen LogP contribution in [0.2, 0.25) is 0 Å². The number of nitrogens with zero attached hydrogens (tertiary/aromatic N) is 3. The zero-order valence-electron chi connectivity index (χ0n) is 9.74. The number of nitrogens with one attached hydrogen (secondary N) is 1. The molecule has 2 heterocycles. The zero-order chi connectivity index (χ0) is 11.8. The Morgan fingerprint density at radius 2 is 2.06 bits per heavy atom. The molecule has 0 fully saturated rings. The Morgan fingerprint density at radius 3 is 2.69 bits per heavy atom. The number of thioether (sulfide) groups is 1. The van der Waals surface area contributed by atoms with Crippen molar-refractivity contribution < 1.29 is 4.74 Å². The number of aromatic nitrogens is 4. The van der Waals surface area contributed by atoms with E-state index < -0.39 is 0 Å². The normalized spacial score (nSPS) is 12.0. The molecule has 2 aromatic rings. The van der Waals surface area contributed by atoms with Crippen LogP contribution in [-0.4, -0.2) is 31.8 Å². The lowest BCUT2D eigenvalue weighted by molar-refractivity contribution is 0.381. The monoisotopic (exact) mass is 238 g/mol. The van der Waals surface area contributed by atoms with E-state index in [1.807, 2.05) is 0 Å². The number of aromatic amines is 1. The highest BCUT2D eigenvalue weighted by Gasteiger charge is 2.15. The summed E-state index contributed by atoms with van der Waals surface area (Å²) in [6, 6.07) is 0.339. The molecule has 0 unspecified atom stereocenters. The van der Waals surface area contributed by atoms with Gasteiger partial charge in [0.15, 0.2) is 10.8 Å². The average molecular weight is 238 g/mol. The van der Waals surface area contributed by atoms with E-state index in [0.29, 0.717) is 11.7 Å². The van der Waals surface area contributed by atoms with Crippen LogP contribution in [0.3, 0.4) is 0 Å². The van der Waals surface area contributed by atoms with Crippen LogP contribution in [0.1, 0.15) is 20.8 Å². The number of fused-ring (bicyclic) bond motifs is 1. The molecule has 2 rings (SSSR count). The number of hydrogen-bond donors (Lipinski definition) is 1. The van der Waals surface area contributed by atoms with Crippen molar-refractivity contribution in [3.8, 4) is 6.01 Å². The van der Waals surface area contributed by atoms with Gasteiger partial charge in [-0.15, -0.1) is 0 Å². The molecular weight excluding hydrogens is 224 g/mol. The molecule has 0 aliphatic carbocycles. The molecule has 1 N–H and O–H groups in total. The summed E-state index contributed by atoms with van der Waals surface area (Å²) in [4.78, 5) is 15.7.